The molecular weight excluding hydrogens is 472 g/mol. The average Bonchev–Trinajstić information content (AvgIpc) is 3.44. The largest absolute Gasteiger partial charge is 0.347 e. The average molecular weight is 501 g/mol. The summed E-state index contributed by atoms with van der Waals surface area (Å²) in [7, 11) is -2.31. The highest BCUT2D eigenvalue weighted by atomic mass is 32.2. The van der Waals surface area contributed by atoms with E-state index in [9.17, 15) is 26.0 Å². The van der Waals surface area contributed by atoms with Crippen LogP contribution in [-0.2, 0) is 23.6 Å². The van der Waals surface area contributed by atoms with Crippen LogP contribution in [0.2, 0.25) is 0 Å². The van der Waals surface area contributed by atoms with Gasteiger partial charge in [-0.25, -0.2) is 30.7 Å². The number of aromatic nitrogens is 3. The number of alkyl halides is 4. The van der Waals surface area contributed by atoms with Gasteiger partial charge in [-0.1, -0.05) is 32.9 Å². The maximum atomic E-state index is 14.1. The molecule has 0 spiro atoms. The fourth-order valence-electron chi connectivity index (χ4n) is 4.23. The lowest BCUT2D eigenvalue weighted by molar-refractivity contribution is 0.109. The molecule has 4 rings (SSSR count). The Balaban J connectivity index is 1.88. The van der Waals surface area contributed by atoms with Crippen molar-refractivity contribution in [1.29, 1.82) is 0 Å². The Bertz CT molecular complexity index is 1300. The third-order valence-corrected chi connectivity index (χ3v) is 7.81. The minimum absolute atomic E-state index is 0.157. The van der Waals surface area contributed by atoms with Crippen LogP contribution < -0.4 is 4.72 Å². The number of aryl methyl sites for hydroxylation is 1. The third-order valence-electron chi connectivity index (χ3n) is 5.87. The first-order valence-corrected chi connectivity index (χ1v) is 12.6. The second-order valence-corrected chi connectivity index (χ2v) is 12.0. The lowest BCUT2D eigenvalue weighted by atomic mass is 9.97. The van der Waals surface area contributed by atoms with E-state index < -0.39 is 34.2 Å². The molecule has 0 saturated heterocycles. The number of hydrogen-bond acceptors (Lipinski definition) is 3. The molecule has 0 unspecified atom stereocenters. The first kappa shape index (κ1) is 24.7. The van der Waals surface area contributed by atoms with Crippen molar-refractivity contribution in [2.45, 2.75) is 64.3 Å². The van der Waals surface area contributed by atoms with Crippen molar-refractivity contribution in [3.05, 3.63) is 41.7 Å². The summed E-state index contributed by atoms with van der Waals surface area (Å²) in [5.74, 6) is 0. The van der Waals surface area contributed by atoms with Gasteiger partial charge in [0.1, 0.15) is 6.04 Å². The van der Waals surface area contributed by atoms with Gasteiger partial charge in [0, 0.05) is 41.8 Å². The van der Waals surface area contributed by atoms with Crippen LogP contribution in [0, 0.1) is 5.41 Å². The predicted molar refractivity (Wildman–Crippen MR) is 122 cm³/mol. The van der Waals surface area contributed by atoms with Crippen molar-refractivity contribution < 1.29 is 26.0 Å². The van der Waals surface area contributed by atoms with E-state index in [4.69, 9.17) is 0 Å². The number of nitrogens with one attached hydrogen (secondary N) is 1. The molecule has 0 amide bonds. The minimum Gasteiger partial charge on any atom is -0.347 e. The van der Waals surface area contributed by atoms with E-state index in [1.807, 2.05) is 20.8 Å². The number of fused-ring (bicyclic) bond motifs is 1. The highest BCUT2D eigenvalue weighted by molar-refractivity contribution is 7.90. The van der Waals surface area contributed by atoms with Gasteiger partial charge in [-0.05, 0) is 24.3 Å². The maximum Gasteiger partial charge on any atom is 0.267 e. The lowest BCUT2D eigenvalue weighted by Gasteiger charge is -2.20. The van der Waals surface area contributed by atoms with E-state index in [0.29, 0.717) is 35.9 Å². The first-order valence-electron chi connectivity index (χ1n) is 11.0. The van der Waals surface area contributed by atoms with Gasteiger partial charge in [-0.15, -0.1) is 0 Å². The summed E-state index contributed by atoms with van der Waals surface area (Å²) in [5.41, 5.74) is 0.965. The molecule has 2 heterocycles. The quantitative estimate of drug-likeness (QED) is 0.421. The number of sulfonamides is 1. The topological polar surface area (TPSA) is 68.9 Å². The minimum atomic E-state index is -3.87. The molecule has 0 bridgehead atoms. The van der Waals surface area contributed by atoms with Gasteiger partial charge in [-0.3, -0.25) is 4.68 Å². The fourth-order valence-corrected chi connectivity index (χ4v) is 5.76. The zero-order valence-corrected chi connectivity index (χ0v) is 20.2. The fraction of sp³-hybridized carbons (Fsp3) is 0.522. The molecule has 34 heavy (non-hydrogen) atoms. The molecule has 0 aliphatic heterocycles. The standard InChI is InChI=1S/C23H28F4N4O2S/c1-23(2,3)12-31-11-17(19(22(26)27)29-34(32,33)14-6-7-14)15-8-5-13(9-18(15)31)20-16(21(24)25)10-28-30(20)4/h5,8-11,14,19,21-22,29H,6-7,12H2,1-4H3/t19-/m0/s1. The maximum absolute atomic E-state index is 14.1. The lowest BCUT2D eigenvalue weighted by Crippen LogP contribution is -2.35. The Labute approximate surface area is 196 Å². The number of halogens is 4. The Hall–Kier alpha value is -2.40. The zero-order chi connectivity index (χ0) is 25.0. The van der Waals surface area contributed by atoms with E-state index in [1.54, 1.807) is 36.0 Å². The van der Waals surface area contributed by atoms with Crippen LogP contribution in [0.4, 0.5) is 17.6 Å². The monoisotopic (exact) mass is 500 g/mol. The number of nitrogens with zero attached hydrogens (tertiary/aromatic N) is 3. The van der Waals surface area contributed by atoms with E-state index in [2.05, 4.69) is 9.82 Å². The molecule has 1 aliphatic rings. The SMILES string of the molecule is Cn1ncc(C(F)F)c1-c1ccc2c([C@H](NS(=O)(=O)C3CC3)C(F)F)cn(CC(C)(C)C)c2c1. The summed E-state index contributed by atoms with van der Waals surface area (Å²) in [5, 5.41) is 3.75. The summed E-state index contributed by atoms with van der Waals surface area (Å²) < 4.78 is 85.7. The van der Waals surface area contributed by atoms with Gasteiger partial charge in [0.15, 0.2) is 0 Å². The highest BCUT2D eigenvalue weighted by Crippen LogP contribution is 2.38. The number of benzene rings is 1. The van der Waals surface area contributed by atoms with Gasteiger partial charge >= 0.3 is 0 Å². The van der Waals surface area contributed by atoms with Crippen molar-refractivity contribution in [3.63, 3.8) is 0 Å². The molecule has 1 aliphatic carbocycles. The molecule has 3 aromatic rings. The smallest absolute Gasteiger partial charge is 0.267 e. The van der Waals surface area contributed by atoms with Crippen LogP contribution >= 0.6 is 0 Å². The molecule has 0 radical (unpaired) electrons. The van der Waals surface area contributed by atoms with Crippen LogP contribution in [-0.4, -0.2) is 34.4 Å². The second kappa shape index (κ2) is 8.67. The van der Waals surface area contributed by atoms with Crippen LogP contribution in [0.3, 0.4) is 0 Å². The normalized spacial score (nSPS) is 16.2. The summed E-state index contributed by atoms with van der Waals surface area (Å²) >= 11 is 0. The molecular formula is C23H28F4N4O2S. The Morgan fingerprint density at radius 3 is 2.38 bits per heavy atom. The summed E-state index contributed by atoms with van der Waals surface area (Å²) in [4.78, 5) is 0. The van der Waals surface area contributed by atoms with E-state index in [-0.39, 0.29) is 22.2 Å². The molecule has 1 atom stereocenters. The van der Waals surface area contributed by atoms with E-state index in [1.165, 1.54) is 4.68 Å². The van der Waals surface area contributed by atoms with Gasteiger partial charge in [-0.2, -0.15) is 5.10 Å². The first-order chi connectivity index (χ1) is 15.8. The number of rotatable bonds is 8. The van der Waals surface area contributed by atoms with Gasteiger partial charge in [0.2, 0.25) is 10.0 Å². The molecule has 6 nitrogen and oxygen atoms in total. The molecule has 1 saturated carbocycles. The Morgan fingerprint density at radius 1 is 1.15 bits per heavy atom. The second-order valence-electron chi connectivity index (χ2n) is 10.1. The summed E-state index contributed by atoms with van der Waals surface area (Å²) in [6.07, 6.45) is -2.12. The molecule has 1 fully saturated rings. The Kier molecular flexibility index (Phi) is 6.30. The summed E-state index contributed by atoms with van der Waals surface area (Å²) in [6.45, 7) is 6.40. The van der Waals surface area contributed by atoms with Crippen molar-refractivity contribution >= 4 is 20.9 Å². The van der Waals surface area contributed by atoms with Gasteiger partial charge < -0.3 is 4.57 Å². The zero-order valence-electron chi connectivity index (χ0n) is 19.4. The molecule has 1 N–H and O–H groups in total. The van der Waals surface area contributed by atoms with Crippen molar-refractivity contribution in [2.75, 3.05) is 0 Å². The van der Waals surface area contributed by atoms with Crippen molar-refractivity contribution in [3.8, 4) is 11.3 Å². The van der Waals surface area contributed by atoms with Gasteiger partial charge in [0.25, 0.3) is 12.9 Å². The predicted octanol–water partition coefficient (Wildman–Crippen LogP) is 5.41. The van der Waals surface area contributed by atoms with Crippen molar-refractivity contribution in [1.82, 2.24) is 19.1 Å². The van der Waals surface area contributed by atoms with Crippen LogP contribution in [0.1, 0.15) is 57.2 Å². The van der Waals surface area contributed by atoms with Crippen molar-refractivity contribution in [2.24, 2.45) is 12.5 Å². The molecule has 2 aromatic heterocycles. The van der Waals surface area contributed by atoms with Crippen LogP contribution in [0.5, 0.6) is 0 Å². The Morgan fingerprint density at radius 2 is 1.82 bits per heavy atom. The number of hydrogen-bond donors (Lipinski definition) is 1. The van der Waals surface area contributed by atoms with Gasteiger partial charge in [0.05, 0.1) is 22.7 Å². The van der Waals surface area contributed by atoms with E-state index >= 15 is 0 Å². The highest BCUT2D eigenvalue weighted by Gasteiger charge is 2.40. The molecule has 11 heteroatoms. The van der Waals surface area contributed by atoms with Crippen LogP contribution in [0.15, 0.2) is 30.6 Å². The molecule has 186 valence electrons. The van der Waals surface area contributed by atoms with Crippen LogP contribution in [0.25, 0.3) is 22.2 Å². The third kappa shape index (κ3) is 4.86. The van der Waals surface area contributed by atoms with E-state index in [0.717, 1.165) is 6.20 Å². The summed E-state index contributed by atoms with van der Waals surface area (Å²) in [6, 6.07) is 3.12. The molecule has 1 aromatic carbocycles.